The Labute approximate surface area is 63.0 Å². The van der Waals surface area contributed by atoms with Crippen LogP contribution in [0.25, 0.3) is 0 Å². The van der Waals surface area contributed by atoms with Crippen molar-refractivity contribution in [2.24, 2.45) is 0 Å². The molecule has 0 bridgehead atoms. The summed E-state index contributed by atoms with van der Waals surface area (Å²) >= 11 is 0. The van der Waals surface area contributed by atoms with Gasteiger partial charge in [-0.1, -0.05) is 0 Å². The highest BCUT2D eigenvalue weighted by molar-refractivity contribution is 7.90. The molecule has 59 valence electrons. The number of halogens is 1. The van der Waals surface area contributed by atoms with E-state index in [4.69, 9.17) is 0 Å². The molecule has 0 aliphatic carbocycles. The average Bonchev–Trinajstić information content (AvgIpc) is 1.86. The van der Waals surface area contributed by atoms with Crippen molar-refractivity contribution in [2.45, 2.75) is 5.03 Å². The molecular formula is C5H4FN2O2S. The number of rotatable bonds is 1. The highest BCUT2D eigenvalue weighted by atomic mass is 32.2. The van der Waals surface area contributed by atoms with E-state index < -0.39 is 20.7 Å². The lowest BCUT2D eigenvalue weighted by molar-refractivity contribution is 0.550. The van der Waals surface area contributed by atoms with E-state index in [0.29, 0.717) is 0 Å². The third kappa shape index (κ3) is 1.70. The van der Waals surface area contributed by atoms with Crippen LogP contribution in [-0.2, 0) is 9.84 Å². The minimum absolute atomic E-state index is 0.618. The minimum Gasteiger partial charge on any atom is -0.231 e. The van der Waals surface area contributed by atoms with Crippen LogP contribution < -0.4 is 0 Å². The van der Waals surface area contributed by atoms with Crippen LogP contribution >= 0.6 is 0 Å². The van der Waals surface area contributed by atoms with Gasteiger partial charge in [-0.2, -0.15) is 0 Å². The van der Waals surface area contributed by atoms with Gasteiger partial charge in [0.25, 0.3) is 0 Å². The summed E-state index contributed by atoms with van der Waals surface area (Å²) in [6.07, 6.45) is 3.61. The highest BCUT2D eigenvalue weighted by Gasteiger charge is 2.14. The molecule has 0 fully saturated rings. The fourth-order valence-electron chi connectivity index (χ4n) is 0.528. The maximum atomic E-state index is 12.6. The molecule has 0 aliphatic heterocycles. The van der Waals surface area contributed by atoms with E-state index in [1.807, 2.05) is 6.33 Å². The second-order valence-corrected chi connectivity index (χ2v) is 3.83. The Hall–Kier alpha value is -1.04. The maximum Gasteiger partial charge on any atom is 0.199 e. The molecule has 1 rings (SSSR count). The molecule has 0 spiro atoms. The standard InChI is InChI=1S/C5H4FN2O2S/c1-11(9,10)5-4(6)2-7-3-8-5/h2H,1H3. The van der Waals surface area contributed by atoms with Crippen molar-refractivity contribution < 1.29 is 12.8 Å². The number of hydrogen-bond acceptors (Lipinski definition) is 4. The van der Waals surface area contributed by atoms with Crippen molar-refractivity contribution in [3.63, 3.8) is 0 Å². The molecule has 6 heteroatoms. The van der Waals surface area contributed by atoms with Gasteiger partial charge in [-0.25, -0.2) is 22.8 Å². The predicted molar refractivity (Wildman–Crippen MR) is 33.9 cm³/mol. The van der Waals surface area contributed by atoms with Crippen LogP contribution in [0.3, 0.4) is 0 Å². The fraction of sp³-hybridized carbons (Fsp3) is 0.200. The zero-order chi connectivity index (χ0) is 8.48. The van der Waals surface area contributed by atoms with Crippen molar-refractivity contribution >= 4 is 9.84 Å². The summed E-state index contributed by atoms with van der Waals surface area (Å²) in [5, 5.41) is -0.618. The van der Waals surface area contributed by atoms with E-state index in [9.17, 15) is 12.8 Å². The van der Waals surface area contributed by atoms with Gasteiger partial charge in [-0.05, 0) is 0 Å². The zero-order valence-electron chi connectivity index (χ0n) is 5.57. The predicted octanol–water partition coefficient (Wildman–Crippen LogP) is -0.181. The second kappa shape index (κ2) is 2.54. The maximum absolute atomic E-state index is 12.6. The van der Waals surface area contributed by atoms with Crippen LogP contribution in [0.1, 0.15) is 0 Å². The Bertz CT molecular complexity index is 363. The van der Waals surface area contributed by atoms with E-state index >= 15 is 0 Å². The number of aromatic nitrogens is 2. The van der Waals surface area contributed by atoms with Crippen molar-refractivity contribution in [1.29, 1.82) is 0 Å². The number of sulfone groups is 1. The van der Waals surface area contributed by atoms with Crippen LogP contribution in [0.4, 0.5) is 4.39 Å². The van der Waals surface area contributed by atoms with Crippen molar-refractivity contribution in [3.05, 3.63) is 18.3 Å². The van der Waals surface area contributed by atoms with E-state index in [1.165, 1.54) is 0 Å². The molecule has 1 aromatic rings. The van der Waals surface area contributed by atoms with Gasteiger partial charge in [-0.3, -0.25) is 0 Å². The Balaban J connectivity index is 3.37. The summed E-state index contributed by atoms with van der Waals surface area (Å²) in [6, 6.07) is 0. The Morgan fingerprint density at radius 2 is 2.27 bits per heavy atom. The summed E-state index contributed by atoms with van der Waals surface area (Å²) in [5.41, 5.74) is 0. The number of hydrogen-bond donors (Lipinski definition) is 0. The fourth-order valence-corrected chi connectivity index (χ4v) is 1.14. The minimum atomic E-state index is -3.59. The first-order chi connectivity index (χ1) is 5.02. The van der Waals surface area contributed by atoms with E-state index in [1.54, 1.807) is 0 Å². The summed E-state index contributed by atoms with van der Waals surface area (Å²) in [7, 11) is -3.59. The molecule has 4 nitrogen and oxygen atoms in total. The summed E-state index contributed by atoms with van der Waals surface area (Å²) in [4.78, 5) is 6.33. The van der Waals surface area contributed by atoms with E-state index in [2.05, 4.69) is 9.97 Å². The molecule has 11 heavy (non-hydrogen) atoms. The molecular weight excluding hydrogens is 171 g/mol. The third-order valence-corrected chi connectivity index (χ3v) is 1.93. The van der Waals surface area contributed by atoms with E-state index in [-0.39, 0.29) is 0 Å². The molecule has 0 aliphatic rings. The van der Waals surface area contributed by atoms with E-state index in [0.717, 1.165) is 12.5 Å². The molecule has 0 unspecified atom stereocenters. The highest BCUT2D eigenvalue weighted by Crippen LogP contribution is 2.06. The molecule has 0 atom stereocenters. The quantitative estimate of drug-likeness (QED) is 0.555. The van der Waals surface area contributed by atoms with Gasteiger partial charge in [0, 0.05) is 6.26 Å². The molecule has 1 heterocycles. The smallest absolute Gasteiger partial charge is 0.199 e. The topological polar surface area (TPSA) is 59.9 Å². The Morgan fingerprint density at radius 1 is 1.64 bits per heavy atom. The van der Waals surface area contributed by atoms with Gasteiger partial charge in [0.15, 0.2) is 27.0 Å². The molecule has 0 saturated carbocycles. The summed E-state index contributed by atoms with van der Waals surface area (Å²) in [6.45, 7) is 0. The lowest BCUT2D eigenvalue weighted by atomic mass is 10.6. The average molecular weight is 175 g/mol. The molecule has 0 N–H and O–H groups in total. The first kappa shape index (κ1) is 8.06. The van der Waals surface area contributed by atoms with Gasteiger partial charge in [-0.15, -0.1) is 0 Å². The monoisotopic (exact) mass is 175 g/mol. The Morgan fingerprint density at radius 3 is 2.64 bits per heavy atom. The molecule has 1 radical (unpaired) electrons. The lowest BCUT2D eigenvalue weighted by Gasteiger charge is -1.94. The Kier molecular flexibility index (Phi) is 1.86. The first-order valence-corrected chi connectivity index (χ1v) is 4.49. The summed E-state index contributed by atoms with van der Waals surface area (Å²) in [5.74, 6) is -0.953. The van der Waals surface area contributed by atoms with Gasteiger partial charge >= 0.3 is 0 Å². The van der Waals surface area contributed by atoms with Crippen LogP contribution in [0.15, 0.2) is 11.2 Å². The third-order valence-electron chi connectivity index (χ3n) is 0.943. The van der Waals surface area contributed by atoms with Gasteiger partial charge in [0.1, 0.15) is 0 Å². The van der Waals surface area contributed by atoms with Crippen molar-refractivity contribution in [3.8, 4) is 0 Å². The molecule has 1 aromatic heterocycles. The SMILES string of the molecule is CS(=O)(=O)c1n[c]ncc1F. The molecule has 0 aromatic carbocycles. The van der Waals surface area contributed by atoms with Gasteiger partial charge < -0.3 is 0 Å². The van der Waals surface area contributed by atoms with Crippen LogP contribution in [-0.4, -0.2) is 24.6 Å². The second-order valence-electron chi connectivity index (χ2n) is 1.90. The largest absolute Gasteiger partial charge is 0.231 e. The van der Waals surface area contributed by atoms with Crippen molar-refractivity contribution in [2.75, 3.05) is 6.26 Å². The number of nitrogens with zero attached hydrogens (tertiary/aromatic N) is 2. The first-order valence-electron chi connectivity index (χ1n) is 2.60. The lowest BCUT2D eigenvalue weighted by Crippen LogP contribution is -2.04. The van der Waals surface area contributed by atoms with Gasteiger partial charge in [0.2, 0.25) is 0 Å². The zero-order valence-corrected chi connectivity index (χ0v) is 6.39. The van der Waals surface area contributed by atoms with Crippen molar-refractivity contribution in [1.82, 2.24) is 9.97 Å². The van der Waals surface area contributed by atoms with Gasteiger partial charge in [0.05, 0.1) is 6.20 Å². The van der Waals surface area contributed by atoms with Crippen LogP contribution in [0.5, 0.6) is 0 Å². The molecule has 0 amide bonds. The molecule has 0 saturated heterocycles. The summed E-state index contributed by atoms with van der Waals surface area (Å²) < 4.78 is 34.0. The van der Waals surface area contributed by atoms with Crippen LogP contribution in [0, 0.1) is 12.1 Å². The van der Waals surface area contributed by atoms with Crippen LogP contribution in [0.2, 0.25) is 0 Å². The normalized spacial score (nSPS) is 11.5.